The first kappa shape index (κ1) is 29.1. The van der Waals surface area contributed by atoms with Crippen LogP contribution in [-0.4, -0.2) is 80.6 Å². The van der Waals surface area contributed by atoms with E-state index in [0.29, 0.717) is 44.4 Å². The maximum absolute atomic E-state index is 15.0. The molecule has 216 valence electrons. The van der Waals surface area contributed by atoms with Gasteiger partial charge in [0.25, 0.3) is 0 Å². The van der Waals surface area contributed by atoms with Crippen LogP contribution in [0, 0.1) is 17.1 Å². The summed E-state index contributed by atoms with van der Waals surface area (Å²) in [5, 5.41) is 13.2. The average molecular weight is 560 g/mol. The Morgan fingerprint density at radius 2 is 2.08 bits per heavy atom. The third-order valence-corrected chi connectivity index (χ3v) is 6.21. The molecule has 1 aromatic carbocycles. The van der Waals surface area contributed by atoms with Gasteiger partial charge in [0.05, 0.1) is 32.0 Å². The average Bonchev–Trinajstić information content (AvgIpc) is 2.93. The molecule has 2 saturated heterocycles. The van der Waals surface area contributed by atoms with E-state index in [4.69, 9.17) is 34.9 Å². The van der Waals surface area contributed by atoms with E-state index >= 15 is 4.39 Å². The number of ether oxygens (including phenoxy) is 4. The van der Waals surface area contributed by atoms with Crippen LogP contribution in [0.5, 0.6) is 0 Å². The van der Waals surface area contributed by atoms with Crippen molar-refractivity contribution in [1.82, 2.24) is 15.3 Å². The molecule has 0 spiro atoms. The fourth-order valence-electron chi connectivity index (χ4n) is 4.12. The molecule has 2 atom stereocenters. The number of aromatic nitrogens is 2. The van der Waals surface area contributed by atoms with Gasteiger partial charge in [-0.1, -0.05) is 23.4 Å². The van der Waals surface area contributed by atoms with E-state index in [2.05, 4.69) is 15.1 Å². The van der Waals surface area contributed by atoms with Gasteiger partial charge in [-0.25, -0.2) is 19.2 Å². The van der Waals surface area contributed by atoms with Crippen molar-refractivity contribution in [3.05, 3.63) is 42.0 Å². The third-order valence-electron chi connectivity index (χ3n) is 6.21. The molecular weight excluding hydrogens is 525 g/mol. The largest absolute Gasteiger partial charge is 0.444 e. The van der Waals surface area contributed by atoms with Crippen molar-refractivity contribution in [1.29, 1.82) is 5.41 Å². The second-order valence-electron chi connectivity index (χ2n) is 9.43. The molecule has 2 aliphatic heterocycles. The molecule has 0 aliphatic carbocycles. The zero-order valence-electron chi connectivity index (χ0n) is 22.3. The molecule has 2 aliphatic rings. The van der Waals surface area contributed by atoms with E-state index in [1.54, 1.807) is 19.2 Å². The fraction of sp³-hybridized carbons (Fsp3) is 0.500. The van der Waals surface area contributed by atoms with Gasteiger partial charge in [-0.15, -0.1) is 0 Å². The molecule has 1 aromatic heterocycles. The normalized spacial score (nSPS) is 17.5. The smallest absolute Gasteiger partial charge is 0.414 e. The maximum Gasteiger partial charge on any atom is 0.414 e. The van der Waals surface area contributed by atoms with Gasteiger partial charge in [0.15, 0.2) is 12.2 Å². The number of carbonyl (C=O) groups excluding carboxylic acids is 1. The van der Waals surface area contributed by atoms with Gasteiger partial charge in [0, 0.05) is 48.7 Å². The van der Waals surface area contributed by atoms with Crippen LogP contribution in [0.25, 0.3) is 11.1 Å². The number of halogens is 1. The molecule has 40 heavy (non-hydrogen) atoms. The Balaban J connectivity index is 1.24. The topological polar surface area (TPSA) is 166 Å². The van der Waals surface area contributed by atoms with Crippen LogP contribution in [0.2, 0.25) is 0 Å². The highest BCUT2D eigenvalue weighted by atomic mass is 19.1. The van der Waals surface area contributed by atoms with Crippen LogP contribution < -0.4 is 16.0 Å². The highest BCUT2D eigenvalue weighted by molar-refractivity contribution is 5.98. The van der Waals surface area contributed by atoms with Crippen molar-refractivity contribution in [2.24, 2.45) is 16.8 Å². The number of anilines is 1. The Morgan fingerprint density at radius 1 is 1.27 bits per heavy atom. The third kappa shape index (κ3) is 8.31. The van der Waals surface area contributed by atoms with Gasteiger partial charge in [0.2, 0.25) is 5.95 Å². The van der Waals surface area contributed by atoms with E-state index in [-0.39, 0.29) is 29.9 Å². The standard InChI is InChI=1S/C26H34FN7O6/c1-36-13-17(14-38-22-7-2-3-8-37-22)15-40-33-20-11-34(12-20)25-30-9-19(10-31-25)21-6-4-5-18(23(21)27)16-39-26(35)32-24(28)29/h4-6,9-10,17,22H,2-3,7-8,11-16H2,1H3,(H4,28,29,32,35). The molecule has 0 bridgehead atoms. The zero-order chi connectivity index (χ0) is 28.3. The Morgan fingerprint density at radius 3 is 2.77 bits per heavy atom. The molecule has 4 N–H and O–H groups in total. The lowest BCUT2D eigenvalue weighted by Crippen LogP contribution is -2.48. The highest BCUT2D eigenvalue weighted by Crippen LogP contribution is 2.26. The van der Waals surface area contributed by atoms with E-state index in [0.717, 1.165) is 31.6 Å². The van der Waals surface area contributed by atoms with Crippen LogP contribution in [-0.2, 0) is 30.4 Å². The van der Waals surface area contributed by atoms with Gasteiger partial charge in [-0.2, -0.15) is 0 Å². The van der Waals surface area contributed by atoms with Crippen LogP contribution in [0.1, 0.15) is 24.8 Å². The number of hydrogen-bond acceptors (Lipinski definition) is 11. The number of hydrogen-bond donors (Lipinski definition) is 3. The predicted molar refractivity (Wildman–Crippen MR) is 143 cm³/mol. The van der Waals surface area contributed by atoms with Crippen molar-refractivity contribution in [2.75, 3.05) is 51.5 Å². The summed E-state index contributed by atoms with van der Waals surface area (Å²) in [6.45, 7) is 2.78. The number of nitrogens with zero attached hydrogens (tertiary/aromatic N) is 4. The minimum atomic E-state index is -0.943. The summed E-state index contributed by atoms with van der Waals surface area (Å²) in [6.07, 6.45) is 5.05. The van der Waals surface area contributed by atoms with Crippen molar-refractivity contribution < 1.29 is 33.0 Å². The number of nitrogens with two attached hydrogens (primary N) is 1. The minimum absolute atomic E-state index is 0.0371. The maximum atomic E-state index is 15.0. The lowest BCUT2D eigenvalue weighted by atomic mass is 10.1. The van der Waals surface area contributed by atoms with Crippen LogP contribution >= 0.6 is 0 Å². The molecule has 0 radical (unpaired) electrons. The second-order valence-corrected chi connectivity index (χ2v) is 9.43. The van der Waals surface area contributed by atoms with Gasteiger partial charge in [0.1, 0.15) is 19.0 Å². The quantitative estimate of drug-likeness (QED) is 0.200. The van der Waals surface area contributed by atoms with Gasteiger partial charge >= 0.3 is 6.09 Å². The molecule has 1 amide bonds. The van der Waals surface area contributed by atoms with Crippen molar-refractivity contribution in [2.45, 2.75) is 32.2 Å². The second kappa shape index (κ2) is 14.5. The molecule has 4 rings (SSSR count). The summed E-state index contributed by atoms with van der Waals surface area (Å²) in [5.41, 5.74) is 6.83. The van der Waals surface area contributed by atoms with Gasteiger partial charge < -0.3 is 34.4 Å². The van der Waals surface area contributed by atoms with Crippen molar-refractivity contribution in [3.63, 3.8) is 0 Å². The van der Waals surface area contributed by atoms with Crippen LogP contribution in [0.3, 0.4) is 0 Å². The minimum Gasteiger partial charge on any atom is -0.444 e. The summed E-state index contributed by atoms with van der Waals surface area (Å²) in [4.78, 5) is 27.7. The van der Waals surface area contributed by atoms with Crippen molar-refractivity contribution in [3.8, 4) is 11.1 Å². The number of benzene rings is 1. The van der Waals surface area contributed by atoms with Crippen LogP contribution in [0.15, 0.2) is 35.7 Å². The number of carbonyl (C=O) groups is 1. The Kier molecular flexibility index (Phi) is 10.5. The summed E-state index contributed by atoms with van der Waals surface area (Å²) in [6, 6.07) is 4.72. The first-order valence-corrected chi connectivity index (χ1v) is 12.9. The first-order valence-electron chi connectivity index (χ1n) is 12.9. The highest BCUT2D eigenvalue weighted by Gasteiger charge is 2.26. The summed E-state index contributed by atoms with van der Waals surface area (Å²) < 4.78 is 36.7. The van der Waals surface area contributed by atoms with Crippen LogP contribution in [0.4, 0.5) is 15.1 Å². The summed E-state index contributed by atoms with van der Waals surface area (Å²) in [7, 11) is 1.64. The van der Waals surface area contributed by atoms with Gasteiger partial charge in [-0.3, -0.25) is 10.7 Å². The SMILES string of the molecule is COCC(CON=C1CN(c2ncc(-c3cccc(COC(=O)NC(=N)N)c3F)cn2)C1)COC1CCCCO1. The molecule has 2 fully saturated rings. The molecule has 13 nitrogen and oxygen atoms in total. The molecule has 0 saturated carbocycles. The van der Waals surface area contributed by atoms with E-state index in [9.17, 15) is 4.79 Å². The Labute approximate surface area is 231 Å². The molecule has 3 heterocycles. The molecular formula is C26H34FN7O6. The van der Waals surface area contributed by atoms with E-state index < -0.39 is 17.9 Å². The monoisotopic (exact) mass is 559 g/mol. The predicted octanol–water partition coefficient (Wildman–Crippen LogP) is 2.40. The fourth-order valence-corrected chi connectivity index (χ4v) is 4.12. The van der Waals surface area contributed by atoms with Gasteiger partial charge in [-0.05, 0) is 19.3 Å². The summed E-state index contributed by atoms with van der Waals surface area (Å²) >= 11 is 0. The number of rotatable bonds is 12. The number of alkyl carbamates (subject to hydrolysis) is 1. The zero-order valence-corrected chi connectivity index (χ0v) is 22.3. The number of methoxy groups -OCH3 is 1. The molecule has 2 aromatic rings. The lowest BCUT2D eigenvalue weighted by Gasteiger charge is -2.32. The molecule has 2 unspecified atom stereocenters. The first-order chi connectivity index (χ1) is 19.4. The molecule has 14 heteroatoms. The Bertz CT molecular complexity index is 1170. The lowest BCUT2D eigenvalue weighted by molar-refractivity contribution is -0.174. The van der Waals surface area contributed by atoms with E-state index in [1.807, 2.05) is 10.2 Å². The van der Waals surface area contributed by atoms with Crippen molar-refractivity contribution >= 4 is 23.7 Å². The van der Waals surface area contributed by atoms with E-state index in [1.165, 1.54) is 18.5 Å². The number of guanidine groups is 1. The summed E-state index contributed by atoms with van der Waals surface area (Å²) in [5.74, 6) is -0.600. The Hall–Kier alpha value is -3.88. The number of oxime groups is 1. The number of nitrogens with one attached hydrogen (secondary N) is 2. The number of amides is 1.